The molecular weight excluding hydrogens is 318 g/mol. The Balaban J connectivity index is 1.77. The average Bonchev–Trinajstić information content (AvgIpc) is 2.96. The lowest BCUT2D eigenvalue weighted by molar-refractivity contribution is -0.139. The molecular formula is C19H19N3O3. The monoisotopic (exact) mass is 337 g/mol. The molecule has 0 fully saturated rings. The van der Waals surface area contributed by atoms with Crippen LogP contribution in [0.4, 0.5) is 0 Å². The van der Waals surface area contributed by atoms with Crippen molar-refractivity contribution in [1.82, 2.24) is 14.9 Å². The number of carboxylic acids is 1. The number of para-hydroxylation sites is 1. The molecule has 4 rings (SSSR count). The lowest BCUT2D eigenvalue weighted by Gasteiger charge is -2.22. The van der Waals surface area contributed by atoms with E-state index in [1.165, 1.54) is 0 Å². The Labute approximate surface area is 145 Å². The lowest BCUT2D eigenvalue weighted by Crippen LogP contribution is -2.42. The first-order valence-corrected chi connectivity index (χ1v) is 8.21. The summed E-state index contributed by atoms with van der Waals surface area (Å²) in [4.78, 5) is 15.6. The number of ether oxygens (including phenoxy) is 1. The van der Waals surface area contributed by atoms with Crippen LogP contribution in [0.3, 0.4) is 0 Å². The summed E-state index contributed by atoms with van der Waals surface area (Å²) in [6.07, 6.45) is 2.31. The molecule has 0 bridgehead atoms. The Hall–Kier alpha value is -2.86. The van der Waals surface area contributed by atoms with Crippen molar-refractivity contribution in [2.24, 2.45) is 0 Å². The molecule has 128 valence electrons. The summed E-state index contributed by atoms with van der Waals surface area (Å²) in [5.74, 6) is -0.212. The predicted octanol–water partition coefficient (Wildman–Crippen LogP) is 2.19. The predicted molar refractivity (Wildman–Crippen MR) is 93.8 cm³/mol. The van der Waals surface area contributed by atoms with E-state index in [0.29, 0.717) is 25.4 Å². The number of nitrogens with one attached hydrogen (secondary N) is 1. The highest BCUT2D eigenvalue weighted by molar-refractivity contribution is 5.87. The third kappa shape index (κ3) is 2.74. The molecule has 0 saturated heterocycles. The molecule has 1 aliphatic heterocycles. The van der Waals surface area contributed by atoms with E-state index in [2.05, 4.69) is 27.0 Å². The standard InChI is InChI=1S/C19H19N3O3/c1-25-18-7-6-12(9-21-18)11-22-16-5-3-2-4-13(16)14-8-15(19(23)24)20-10-17(14)22/h2-7,9,15,20H,8,10-11H2,1H3,(H,23,24)/t15-/m0/s1. The lowest BCUT2D eigenvalue weighted by atomic mass is 9.99. The highest BCUT2D eigenvalue weighted by atomic mass is 16.5. The Morgan fingerprint density at radius 1 is 1.36 bits per heavy atom. The van der Waals surface area contributed by atoms with Crippen molar-refractivity contribution in [1.29, 1.82) is 0 Å². The van der Waals surface area contributed by atoms with Crippen molar-refractivity contribution in [3.05, 3.63) is 59.4 Å². The van der Waals surface area contributed by atoms with Gasteiger partial charge in [-0.3, -0.25) is 10.1 Å². The van der Waals surface area contributed by atoms with Gasteiger partial charge in [0.25, 0.3) is 0 Å². The van der Waals surface area contributed by atoms with Crippen molar-refractivity contribution in [3.63, 3.8) is 0 Å². The van der Waals surface area contributed by atoms with E-state index < -0.39 is 12.0 Å². The third-order valence-corrected chi connectivity index (χ3v) is 4.76. The average molecular weight is 337 g/mol. The smallest absolute Gasteiger partial charge is 0.321 e. The molecule has 1 aromatic carbocycles. The molecule has 0 saturated carbocycles. The second-order valence-corrected chi connectivity index (χ2v) is 6.21. The molecule has 6 heteroatoms. The topological polar surface area (TPSA) is 76.4 Å². The minimum atomic E-state index is -0.804. The van der Waals surface area contributed by atoms with Crippen LogP contribution in [0, 0.1) is 0 Å². The number of rotatable bonds is 4. The molecule has 2 aromatic heterocycles. The van der Waals surface area contributed by atoms with E-state index in [0.717, 1.165) is 27.7 Å². The number of carboxylic acid groups (broad SMARTS) is 1. The Morgan fingerprint density at radius 3 is 2.92 bits per heavy atom. The van der Waals surface area contributed by atoms with Crippen molar-refractivity contribution in [3.8, 4) is 5.88 Å². The van der Waals surface area contributed by atoms with Crippen LogP contribution >= 0.6 is 0 Å². The van der Waals surface area contributed by atoms with Gasteiger partial charge in [-0.2, -0.15) is 0 Å². The fourth-order valence-corrected chi connectivity index (χ4v) is 3.52. The molecule has 0 radical (unpaired) electrons. The summed E-state index contributed by atoms with van der Waals surface area (Å²) >= 11 is 0. The minimum absolute atomic E-state index is 0.499. The van der Waals surface area contributed by atoms with Crippen molar-refractivity contribution >= 4 is 16.9 Å². The van der Waals surface area contributed by atoms with Gasteiger partial charge in [0.2, 0.25) is 5.88 Å². The van der Waals surface area contributed by atoms with Gasteiger partial charge >= 0.3 is 5.97 Å². The molecule has 1 aliphatic rings. The van der Waals surface area contributed by atoms with E-state index in [-0.39, 0.29) is 0 Å². The molecule has 2 N–H and O–H groups in total. The largest absolute Gasteiger partial charge is 0.481 e. The SMILES string of the molecule is COc1ccc(Cn2c3c(c4ccccc42)C[C@@H](C(=O)O)NC3)cn1. The van der Waals surface area contributed by atoms with Gasteiger partial charge in [-0.1, -0.05) is 24.3 Å². The van der Waals surface area contributed by atoms with Crippen LogP contribution in [0.25, 0.3) is 10.9 Å². The van der Waals surface area contributed by atoms with Crippen LogP contribution in [-0.4, -0.2) is 33.8 Å². The van der Waals surface area contributed by atoms with Gasteiger partial charge in [0, 0.05) is 48.4 Å². The number of fused-ring (bicyclic) bond motifs is 3. The summed E-state index contributed by atoms with van der Waals surface area (Å²) < 4.78 is 7.37. The molecule has 25 heavy (non-hydrogen) atoms. The quantitative estimate of drug-likeness (QED) is 0.763. The number of pyridine rings is 1. The van der Waals surface area contributed by atoms with E-state index >= 15 is 0 Å². The van der Waals surface area contributed by atoms with Gasteiger partial charge in [-0.15, -0.1) is 0 Å². The zero-order chi connectivity index (χ0) is 17.4. The Morgan fingerprint density at radius 2 is 2.20 bits per heavy atom. The molecule has 6 nitrogen and oxygen atoms in total. The maximum Gasteiger partial charge on any atom is 0.321 e. The van der Waals surface area contributed by atoms with E-state index in [4.69, 9.17) is 4.74 Å². The molecule has 3 heterocycles. The highest BCUT2D eigenvalue weighted by Gasteiger charge is 2.28. The highest BCUT2D eigenvalue weighted by Crippen LogP contribution is 2.30. The van der Waals surface area contributed by atoms with Crippen LogP contribution < -0.4 is 10.1 Å². The van der Waals surface area contributed by atoms with Crippen LogP contribution in [0.5, 0.6) is 5.88 Å². The maximum absolute atomic E-state index is 11.4. The van der Waals surface area contributed by atoms with Crippen molar-refractivity contribution in [2.45, 2.75) is 25.6 Å². The van der Waals surface area contributed by atoms with Gasteiger partial charge in [-0.25, -0.2) is 4.98 Å². The summed E-state index contributed by atoms with van der Waals surface area (Å²) in [6, 6.07) is 11.5. The van der Waals surface area contributed by atoms with Gasteiger partial charge in [0.15, 0.2) is 0 Å². The molecule has 0 aliphatic carbocycles. The van der Waals surface area contributed by atoms with Crippen LogP contribution in [0.15, 0.2) is 42.6 Å². The van der Waals surface area contributed by atoms with Crippen LogP contribution in [0.2, 0.25) is 0 Å². The fraction of sp³-hybridized carbons (Fsp3) is 0.263. The maximum atomic E-state index is 11.4. The van der Waals surface area contributed by atoms with Gasteiger partial charge in [0.1, 0.15) is 6.04 Å². The molecule has 1 atom stereocenters. The number of aliphatic carboxylic acids is 1. The van der Waals surface area contributed by atoms with Crippen molar-refractivity contribution < 1.29 is 14.6 Å². The fourth-order valence-electron chi connectivity index (χ4n) is 3.52. The Kier molecular flexibility index (Phi) is 3.89. The van der Waals surface area contributed by atoms with Crippen LogP contribution in [-0.2, 0) is 24.3 Å². The number of nitrogens with zero attached hydrogens (tertiary/aromatic N) is 2. The number of hydrogen-bond donors (Lipinski definition) is 2. The minimum Gasteiger partial charge on any atom is -0.481 e. The zero-order valence-electron chi connectivity index (χ0n) is 13.9. The van der Waals surface area contributed by atoms with E-state index in [9.17, 15) is 9.90 Å². The van der Waals surface area contributed by atoms with E-state index in [1.54, 1.807) is 7.11 Å². The number of aromatic nitrogens is 2. The summed E-state index contributed by atoms with van der Waals surface area (Å²) in [5, 5.41) is 13.6. The number of hydrogen-bond acceptors (Lipinski definition) is 4. The second-order valence-electron chi connectivity index (χ2n) is 6.21. The molecule has 3 aromatic rings. The van der Waals surface area contributed by atoms with Crippen molar-refractivity contribution in [2.75, 3.05) is 7.11 Å². The number of benzene rings is 1. The first-order chi connectivity index (χ1) is 12.2. The molecule has 0 unspecified atom stereocenters. The first kappa shape index (κ1) is 15.7. The number of carbonyl (C=O) groups is 1. The number of methoxy groups -OCH3 is 1. The summed E-state index contributed by atoms with van der Waals surface area (Å²) in [5.41, 5.74) is 4.47. The Bertz CT molecular complexity index is 931. The van der Waals surface area contributed by atoms with Gasteiger partial charge in [-0.05, 0) is 17.2 Å². The zero-order valence-corrected chi connectivity index (χ0v) is 13.9. The third-order valence-electron chi connectivity index (χ3n) is 4.76. The summed E-state index contributed by atoms with van der Waals surface area (Å²) in [7, 11) is 1.60. The molecule has 0 amide bonds. The van der Waals surface area contributed by atoms with E-state index in [1.807, 2.05) is 30.5 Å². The van der Waals surface area contributed by atoms with Crippen LogP contribution in [0.1, 0.15) is 16.8 Å². The second kappa shape index (κ2) is 6.22. The summed E-state index contributed by atoms with van der Waals surface area (Å²) in [6.45, 7) is 1.23. The van der Waals surface area contributed by atoms with Gasteiger partial charge in [0.05, 0.1) is 7.11 Å². The normalized spacial score (nSPS) is 16.6. The van der Waals surface area contributed by atoms with Gasteiger partial charge < -0.3 is 14.4 Å². The molecule has 0 spiro atoms. The first-order valence-electron chi connectivity index (χ1n) is 8.21.